The molecule has 3 heterocycles. The summed E-state index contributed by atoms with van der Waals surface area (Å²) in [5.41, 5.74) is 4.68. The van der Waals surface area contributed by atoms with Crippen molar-refractivity contribution in [2.24, 2.45) is 11.0 Å². The molecule has 3 aromatic rings. The highest BCUT2D eigenvalue weighted by Crippen LogP contribution is 2.66. The van der Waals surface area contributed by atoms with Crippen LogP contribution in [0.4, 0.5) is 5.69 Å². The van der Waals surface area contributed by atoms with Gasteiger partial charge in [-0.1, -0.05) is 42.4 Å². The van der Waals surface area contributed by atoms with Crippen LogP contribution in [0.25, 0.3) is 10.8 Å². The van der Waals surface area contributed by atoms with Gasteiger partial charge in [0, 0.05) is 28.6 Å². The van der Waals surface area contributed by atoms with Crippen LogP contribution in [0.3, 0.4) is 0 Å². The van der Waals surface area contributed by atoms with E-state index in [1.807, 2.05) is 0 Å². The Balaban J connectivity index is 1.45. The van der Waals surface area contributed by atoms with Gasteiger partial charge in [0.15, 0.2) is 0 Å². The van der Waals surface area contributed by atoms with E-state index in [2.05, 4.69) is 17.8 Å². The number of nitrogens with one attached hydrogen (secondary N) is 1. The average molecular weight is 557 g/mol. The summed E-state index contributed by atoms with van der Waals surface area (Å²) in [6.45, 7) is 5.54. The van der Waals surface area contributed by atoms with Crippen LogP contribution in [-0.2, 0) is 19.1 Å². The van der Waals surface area contributed by atoms with Gasteiger partial charge in [-0.15, -0.1) is 0 Å². The Morgan fingerprint density at radius 3 is 2.60 bits per heavy atom. The number of hydrogen-bond acceptors (Lipinski definition) is 8. The van der Waals surface area contributed by atoms with Gasteiger partial charge in [-0.3, -0.25) is 9.59 Å². The normalized spacial score (nSPS) is 30.3. The van der Waals surface area contributed by atoms with Crippen LogP contribution in [0.15, 0.2) is 78.6 Å². The summed E-state index contributed by atoms with van der Waals surface area (Å²) < 4.78 is 18.4. The third-order valence-electron chi connectivity index (χ3n) is 8.54. The zero-order valence-electron chi connectivity index (χ0n) is 21.6. The average Bonchev–Trinajstić information content (AvgIpc) is 3.47. The first kappa shape index (κ1) is 26.0. The third-order valence-corrected chi connectivity index (χ3v) is 8.79. The smallest absolute Gasteiger partial charge is 0.267 e. The van der Waals surface area contributed by atoms with Gasteiger partial charge in [-0.05, 0) is 43.3 Å². The fraction of sp³-hybridized carbons (Fsp3) is 0.300. The van der Waals surface area contributed by atoms with Crippen LogP contribution >= 0.6 is 11.6 Å². The molecule has 3 aliphatic rings. The maximum Gasteiger partial charge on any atom is 0.267 e. The highest BCUT2D eigenvalue weighted by molar-refractivity contribution is 6.30. The highest BCUT2D eigenvalue weighted by Gasteiger charge is 2.86. The number of nitriles is 1. The van der Waals surface area contributed by atoms with Crippen molar-refractivity contribution in [3.63, 3.8) is 0 Å². The number of imide groups is 1. The fourth-order valence-corrected chi connectivity index (χ4v) is 6.98. The van der Waals surface area contributed by atoms with Crippen LogP contribution in [0.2, 0.25) is 5.02 Å². The second kappa shape index (κ2) is 9.15. The van der Waals surface area contributed by atoms with E-state index in [1.165, 1.54) is 6.26 Å². The standard InChI is InChI=1S/C30H25ClN4O5/c1-3-38-24-16-29(14-15-39-20-11-9-19(31)10-12-20)30(34-33)25(28(24,2)40-29)26(36)35(27(30)37)23-13-8-18(17-32)21-6-4-5-7-22(21)23/h3-13,24-25,33H,1,14-16H2,2H3/t24-,25?,28?,29?,30-/m0/s1. The SMILES string of the molecule is C=CO[C@H]1CC2(CCOc3ccc(Cl)cc3)OC1(C)C1C(=O)N(c3ccc(C#N)c4ccccc34)C(=O)[C@@]12N=N. The molecular formula is C30H25ClN4O5. The van der Waals surface area contributed by atoms with E-state index in [-0.39, 0.29) is 19.4 Å². The molecule has 1 N–H and O–H groups in total. The Morgan fingerprint density at radius 1 is 1.20 bits per heavy atom. The Bertz CT molecular complexity index is 1620. The van der Waals surface area contributed by atoms with E-state index >= 15 is 0 Å². The molecule has 0 radical (unpaired) electrons. The summed E-state index contributed by atoms with van der Waals surface area (Å²) in [5.74, 6) is -1.71. The molecule has 6 rings (SSSR count). The number of nitrogens with zero attached hydrogens (tertiary/aromatic N) is 3. The van der Waals surface area contributed by atoms with E-state index in [4.69, 9.17) is 31.3 Å². The van der Waals surface area contributed by atoms with Crippen molar-refractivity contribution in [2.45, 2.75) is 42.6 Å². The number of carbonyl (C=O) groups excluding carboxylic acids is 2. The first-order valence-electron chi connectivity index (χ1n) is 12.8. The number of hydrogen-bond donors (Lipinski definition) is 1. The molecule has 5 atom stereocenters. The molecule has 202 valence electrons. The third kappa shape index (κ3) is 3.30. The lowest BCUT2D eigenvalue weighted by Crippen LogP contribution is -2.62. The second-order valence-electron chi connectivity index (χ2n) is 10.4. The van der Waals surface area contributed by atoms with Crippen molar-refractivity contribution in [1.29, 1.82) is 10.8 Å². The summed E-state index contributed by atoms with van der Waals surface area (Å²) in [6.07, 6.45) is 1.07. The molecular weight excluding hydrogens is 532 g/mol. The van der Waals surface area contributed by atoms with Gasteiger partial charge in [0.25, 0.3) is 5.91 Å². The monoisotopic (exact) mass is 556 g/mol. The van der Waals surface area contributed by atoms with E-state index in [9.17, 15) is 14.9 Å². The lowest BCUT2D eigenvalue weighted by atomic mass is 9.61. The molecule has 0 saturated carbocycles. The summed E-state index contributed by atoms with van der Waals surface area (Å²) in [5, 5.41) is 15.3. The summed E-state index contributed by atoms with van der Waals surface area (Å²) in [7, 11) is 0. The number of halogens is 1. The second-order valence-corrected chi connectivity index (χ2v) is 10.8. The number of rotatable bonds is 8. The van der Waals surface area contributed by atoms with E-state index in [0.717, 1.165) is 4.90 Å². The van der Waals surface area contributed by atoms with Crippen LogP contribution in [0, 0.1) is 22.8 Å². The van der Waals surface area contributed by atoms with Crippen molar-refractivity contribution < 1.29 is 23.8 Å². The lowest BCUT2D eigenvalue weighted by Gasteiger charge is -2.40. The molecule has 9 nitrogen and oxygen atoms in total. The van der Waals surface area contributed by atoms with E-state index < -0.39 is 40.6 Å². The van der Waals surface area contributed by atoms with E-state index in [1.54, 1.807) is 67.6 Å². The number of benzene rings is 3. The maximum absolute atomic E-state index is 14.5. The minimum atomic E-state index is -1.82. The topological polar surface area (TPSA) is 125 Å². The van der Waals surface area contributed by atoms with Gasteiger partial charge in [-0.25, -0.2) is 10.4 Å². The number of anilines is 1. The Labute approximate surface area is 235 Å². The van der Waals surface area contributed by atoms with Crippen molar-refractivity contribution in [2.75, 3.05) is 11.5 Å². The van der Waals surface area contributed by atoms with Crippen molar-refractivity contribution >= 4 is 39.9 Å². The quantitative estimate of drug-likeness (QED) is 0.220. The highest BCUT2D eigenvalue weighted by atomic mass is 35.5. The molecule has 3 saturated heterocycles. The number of amides is 2. The van der Waals surface area contributed by atoms with Crippen molar-refractivity contribution in [1.82, 2.24) is 0 Å². The Kier molecular flexibility index (Phi) is 5.95. The first-order valence-corrected chi connectivity index (χ1v) is 13.2. The Hall–Kier alpha value is -4.26. The Morgan fingerprint density at radius 2 is 1.93 bits per heavy atom. The van der Waals surface area contributed by atoms with Gasteiger partial charge >= 0.3 is 0 Å². The summed E-state index contributed by atoms with van der Waals surface area (Å²) >= 11 is 5.98. The summed E-state index contributed by atoms with van der Waals surface area (Å²) in [6, 6.07) is 19.3. The van der Waals surface area contributed by atoms with Gasteiger partial charge in [0.1, 0.15) is 29.0 Å². The predicted molar refractivity (Wildman–Crippen MR) is 146 cm³/mol. The van der Waals surface area contributed by atoms with Crippen LogP contribution in [-0.4, -0.2) is 41.3 Å². The number of ether oxygens (including phenoxy) is 3. The minimum absolute atomic E-state index is 0.129. The van der Waals surface area contributed by atoms with Crippen molar-refractivity contribution in [3.05, 3.63) is 84.1 Å². The zero-order chi connectivity index (χ0) is 28.3. The van der Waals surface area contributed by atoms with Crippen LogP contribution in [0.5, 0.6) is 5.75 Å². The van der Waals surface area contributed by atoms with Crippen LogP contribution < -0.4 is 9.64 Å². The van der Waals surface area contributed by atoms with Crippen LogP contribution in [0.1, 0.15) is 25.3 Å². The molecule has 3 aliphatic heterocycles. The minimum Gasteiger partial charge on any atom is -0.496 e. The van der Waals surface area contributed by atoms with Gasteiger partial charge in [-0.2, -0.15) is 10.4 Å². The molecule has 10 heteroatoms. The molecule has 3 unspecified atom stereocenters. The number of carbonyl (C=O) groups is 2. The molecule has 3 fully saturated rings. The van der Waals surface area contributed by atoms with Gasteiger partial charge < -0.3 is 14.2 Å². The molecule has 0 aromatic heterocycles. The molecule has 3 aromatic carbocycles. The van der Waals surface area contributed by atoms with Gasteiger partial charge in [0.2, 0.25) is 11.4 Å². The zero-order valence-corrected chi connectivity index (χ0v) is 22.4. The fourth-order valence-electron chi connectivity index (χ4n) is 6.85. The molecule has 2 amide bonds. The molecule has 40 heavy (non-hydrogen) atoms. The molecule has 2 bridgehead atoms. The number of fused-ring (bicyclic) bond motifs is 6. The molecule has 0 aliphatic carbocycles. The van der Waals surface area contributed by atoms with E-state index in [0.29, 0.717) is 32.8 Å². The van der Waals surface area contributed by atoms with Gasteiger partial charge in [0.05, 0.1) is 30.2 Å². The summed E-state index contributed by atoms with van der Waals surface area (Å²) in [4.78, 5) is 29.8. The first-order chi connectivity index (χ1) is 19.3. The maximum atomic E-state index is 14.5. The molecule has 0 spiro atoms. The largest absolute Gasteiger partial charge is 0.496 e. The predicted octanol–water partition coefficient (Wildman–Crippen LogP) is 5.55. The van der Waals surface area contributed by atoms with Crippen molar-refractivity contribution in [3.8, 4) is 11.8 Å². The lowest BCUT2D eigenvalue weighted by molar-refractivity contribution is -0.134.